The molecule has 0 radical (unpaired) electrons. The average molecular weight is 250 g/mol. The van der Waals surface area contributed by atoms with Gasteiger partial charge in [0.2, 0.25) is 5.91 Å². The quantitative estimate of drug-likeness (QED) is 0.731. The minimum Gasteiger partial charge on any atom is -0.495 e. The van der Waals surface area contributed by atoms with Gasteiger partial charge in [-0.15, -0.1) is 0 Å². The minimum atomic E-state index is 0.0224. The summed E-state index contributed by atoms with van der Waals surface area (Å²) >= 11 is 0. The summed E-state index contributed by atoms with van der Waals surface area (Å²) in [5, 5.41) is 2.87. The standard InChI is InChI=1S/C14H22N2O2/c1-11-7-8-12(13(10-11)18-2)16-14(17)6-4-3-5-9-15/h7-8,10H,3-6,9,15H2,1-2H3,(H,16,17). The molecule has 0 saturated carbocycles. The minimum absolute atomic E-state index is 0.0224. The van der Waals surface area contributed by atoms with Crippen molar-refractivity contribution in [2.75, 3.05) is 19.0 Å². The molecule has 18 heavy (non-hydrogen) atoms. The Kier molecular flexibility index (Phi) is 6.22. The summed E-state index contributed by atoms with van der Waals surface area (Å²) in [6.07, 6.45) is 3.37. The third-order valence-corrected chi connectivity index (χ3v) is 2.74. The number of hydrogen-bond donors (Lipinski definition) is 2. The van der Waals surface area contributed by atoms with Crippen LogP contribution in [0.5, 0.6) is 5.75 Å². The second kappa shape index (κ2) is 7.71. The lowest BCUT2D eigenvalue weighted by molar-refractivity contribution is -0.116. The van der Waals surface area contributed by atoms with Gasteiger partial charge < -0.3 is 15.8 Å². The SMILES string of the molecule is COc1cc(C)ccc1NC(=O)CCCCCN. The molecule has 0 spiro atoms. The predicted octanol–water partition coefficient (Wildman–Crippen LogP) is 2.46. The number of carbonyl (C=O) groups excluding carboxylic acids is 1. The molecule has 1 rings (SSSR count). The van der Waals surface area contributed by atoms with E-state index < -0.39 is 0 Å². The van der Waals surface area contributed by atoms with E-state index >= 15 is 0 Å². The van der Waals surface area contributed by atoms with Crippen molar-refractivity contribution in [2.24, 2.45) is 5.73 Å². The Morgan fingerprint density at radius 3 is 2.78 bits per heavy atom. The number of nitrogens with one attached hydrogen (secondary N) is 1. The maximum absolute atomic E-state index is 11.7. The number of rotatable bonds is 7. The van der Waals surface area contributed by atoms with E-state index in [1.165, 1.54) is 0 Å². The van der Waals surface area contributed by atoms with E-state index in [0.717, 1.165) is 30.5 Å². The van der Waals surface area contributed by atoms with Gasteiger partial charge >= 0.3 is 0 Å². The first-order valence-electron chi connectivity index (χ1n) is 6.32. The van der Waals surface area contributed by atoms with Crippen LogP contribution < -0.4 is 15.8 Å². The number of benzene rings is 1. The lowest BCUT2D eigenvalue weighted by Gasteiger charge is -2.10. The smallest absolute Gasteiger partial charge is 0.224 e. The highest BCUT2D eigenvalue weighted by atomic mass is 16.5. The second-order valence-corrected chi connectivity index (χ2v) is 4.35. The zero-order valence-electron chi connectivity index (χ0n) is 11.2. The van der Waals surface area contributed by atoms with Crippen LogP contribution in [0.15, 0.2) is 18.2 Å². The Bertz CT molecular complexity index is 391. The van der Waals surface area contributed by atoms with Gasteiger partial charge in [-0.25, -0.2) is 0 Å². The molecule has 1 aromatic carbocycles. The summed E-state index contributed by atoms with van der Waals surface area (Å²) in [4.78, 5) is 11.7. The van der Waals surface area contributed by atoms with Crippen LogP contribution in [-0.4, -0.2) is 19.6 Å². The van der Waals surface area contributed by atoms with Gasteiger partial charge in [-0.05, 0) is 44.0 Å². The van der Waals surface area contributed by atoms with Gasteiger partial charge in [0.05, 0.1) is 12.8 Å². The largest absolute Gasteiger partial charge is 0.495 e. The number of carbonyl (C=O) groups is 1. The van der Waals surface area contributed by atoms with Crippen LogP contribution in [0.1, 0.15) is 31.2 Å². The van der Waals surface area contributed by atoms with Crippen LogP contribution in [0.3, 0.4) is 0 Å². The Hall–Kier alpha value is -1.55. The molecule has 4 nitrogen and oxygen atoms in total. The number of nitrogens with two attached hydrogens (primary N) is 1. The molecular weight excluding hydrogens is 228 g/mol. The monoisotopic (exact) mass is 250 g/mol. The van der Waals surface area contributed by atoms with Gasteiger partial charge in [0.1, 0.15) is 5.75 Å². The number of aryl methyl sites for hydroxylation is 1. The molecule has 4 heteroatoms. The van der Waals surface area contributed by atoms with Gasteiger partial charge in [0.15, 0.2) is 0 Å². The van der Waals surface area contributed by atoms with Crippen LogP contribution in [0, 0.1) is 6.92 Å². The molecule has 1 amide bonds. The Balaban J connectivity index is 2.48. The van der Waals surface area contributed by atoms with Gasteiger partial charge in [-0.3, -0.25) is 4.79 Å². The molecule has 100 valence electrons. The highest BCUT2D eigenvalue weighted by Gasteiger charge is 2.07. The average Bonchev–Trinajstić information content (AvgIpc) is 2.37. The summed E-state index contributed by atoms with van der Waals surface area (Å²) in [6, 6.07) is 5.72. The Labute approximate surface area is 109 Å². The van der Waals surface area contributed by atoms with E-state index in [9.17, 15) is 4.79 Å². The van der Waals surface area contributed by atoms with Crippen LogP contribution in [0.4, 0.5) is 5.69 Å². The topological polar surface area (TPSA) is 64.3 Å². The number of methoxy groups -OCH3 is 1. The summed E-state index contributed by atoms with van der Waals surface area (Å²) in [7, 11) is 1.60. The first-order valence-corrected chi connectivity index (χ1v) is 6.32. The van der Waals surface area contributed by atoms with Crippen molar-refractivity contribution in [3.8, 4) is 5.75 Å². The molecule has 0 saturated heterocycles. The lowest BCUT2D eigenvalue weighted by Crippen LogP contribution is -2.12. The molecular formula is C14H22N2O2. The van der Waals surface area contributed by atoms with E-state index in [2.05, 4.69) is 5.32 Å². The van der Waals surface area contributed by atoms with Crippen molar-refractivity contribution in [3.63, 3.8) is 0 Å². The summed E-state index contributed by atoms with van der Waals surface area (Å²) < 4.78 is 5.24. The maximum atomic E-state index is 11.7. The zero-order valence-corrected chi connectivity index (χ0v) is 11.2. The highest BCUT2D eigenvalue weighted by molar-refractivity contribution is 5.92. The van der Waals surface area contributed by atoms with Gasteiger partial charge in [-0.1, -0.05) is 12.5 Å². The molecule has 0 aliphatic heterocycles. The summed E-state index contributed by atoms with van der Waals surface area (Å²) in [6.45, 7) is 2.67. The van der Waals surface area contributed by atoms with Gasteiger partial charge in [0, 0.05) is 6.42 Å². The normalized spacial score (nSPS) is 10.2. The van der Waals surface area contributed by atoms with E-state index in [-0.39, 0.29) is 5.91 Å². The lowest BCUT2D eigenvalue weighted by atomic mass is 10.1. The molecule has 0 fully saturated rings. The molecule has 0 aromatic heterocycles. The molecule has 3 N–H and O–H groups in total. The van der Waals surface area contributed by atoms with Crippen molar-refractivity contribution >= 4 is 11.6 Å². The number of amides is 1. The Morgan fingerprint density at radius 2 is 2.11 bits per heavy atom. The van der Waals surface area contributed by atoms with Crippen molar-refractivity contribution in [1.82, 2.24) is 0 Å². The van der Waals surface area contributed by atoms with E-state index in [0.29, 0.717) is 18.7 Å². The molecule has 1 aromatic rings. The fourth-order valence-electron chi connectivity index (χ4n) is 1.72. The van der Waals surface area contributed by atoms with Crippen molar-refractivity contribution in [1.29, 1.82) is 0 Å². The fraction of sp³-hybridized carbons (Fsp3) is 0.500. The molecule has 0 atom stereocenters. The van der Waals surface area contributed by atoms with Crippen molar-refractivity contribution < 1.29 is 9.53 Å². The first-order chi connectivity index (χ1) is 8.67. The maximum Gasteiger partial charge on any atom is 0.224 e. The summed E-state index contributed by atoms with van der Waals surface area (Å²) in [5.74, 6) is 0.722. The molecule has 0 heterocycles. The van der Waals surface area contributed by atoms with E-state index in [1.54, 1.807) is 7.11 Å². The van der Waals surface area contributed by atoms with E-state index in [4.69, 9.17) is 10.5 Å². The van der Waals surface area contributed by atoms with Crippen molar-refractivity contribution in [3.05, 3.63) is 23.8 Å². The fourth-order valence-corrected chi connectivity index (χ4v) is 1.72. The van der Waals surface area contributed by atoms with Gasteiger partial charge in [-0.2, -0.15) is 0 Å². The van der Waals surface area contributed by atoms with Crippen LogP contribution >= 0.6 is 0 Å². The molecule has 0 unspecified atom stereocenters. The Morgan fingerprint density at radius 1 is 1.33 bits per heavy atom. The number of hydrogen-bond acceptors (Lipinski definition) is 3. The van der Waals surface area contributed by atoms with Gasteiger partial charge in [0.25, 0.3) is 0 Å². The number of anilines is 1. The third-order valence-electron chi connectivity index (χ3n) is 2.74. The highest BCUT2D eigenvalue weighted by Crippen LogP contribution is 2.25. The van der Waals surface area contributed by atoms with Crippen LogP contribution in [0.25, 0.3) is 0 Å². The summed E-state index contributed by atoms with van der Waals surface area (Å²) in [5.41, 5.74) is 7.24. The molecule has 0 aliphatic rings. The second-order valence-electron chi connectivity index (χ2n) is 4.35. The molecule has 0 aliphatic carbocycles. The van der Waals surface area contributed by atoms with Crippen LogP contribution in [-0.2, 0) is 4.79 Å². The zero-order chi connectivity index (χ0) is 13.4. The molecule has 0 bridgehead atoms. The predicted molar refractivity (Wildman–Crippen MR) is 73.9 cm³/mol. The first kappa shape index (κ1) is 14.5. The third kappa shape index (κ3) is 4.75. The van der Waals surface area contributed by atoms with E-state index in [1.807, 2.05) is 25.1 Å². The number of ether oxygens (including phenoxy) is 1. The number of unbranched alkanes of at least 4 members (excludes halogenated alkanes) is 2. The van der Waals surface area contributed by atoms with Crippen molar-refractivity contribution in [2.45, 2.75) is 32.6 Å². The van der Waals surface area contributed by atoms with Crippen LogP contribution in [0.2, 0.25) is 0 Å².